The quantitative estimate of drug-likeness (QED) is 0.603. The highest BCUT2D eigenvalue weighted by Gasteiger charge is 2.14. The third kappa shape index (κ3) is 5.05. The van der Waals surface area contributed by atoms with E-state index in [1.54, 1.807) is 0 Å². The van der Waals surface area contributed by atoms with Crippen molar-refractivity contribution < 1.29 is 0 Å². The molecule has 0 spiro atoms. The lowest BCUT2D eigenvalue weighted by atomic mass is 9.86. The molecule has 2 nitrogen and oxygen atoms in total. The molecule has 0 radical (unpaired) electrons. The first-order valence-corrected chi connectivity index (χ1v) is 9.31. The van der Waals surface area contributed by atoms with Gasteiger partial charge in [-0.15, -0.1) is 0 Å². The molecule has 2 aromatic carbocycles. The van der Waals surface area contributed by atoms with Crippen LogP contribution in [0.4, 0.5) is 5.69 Å². The Labute approximate surface area is 159 Å². The van der Waals surface area contributed by atoms with Gasteiger partial charge >= 0.3 is 0 Å². The van der Waals surface area contributed by atoms with Crippen molar-refractivity contribution in [1.29, 1.82) is 0 Å². The second-order valence-corrected chi connectivity index (χ2v) is 8.42. The van der Waals surface area contributed by atoms with Gasteiger partial charge in [0.15, 0.2) is 5.11 Å². The highest BCUT2D eigenvalue weighted by atomic mass is 79.9. The highest BCUT2D eigenvalue weighted by molar-refractivity contribution is 9.10. The van der Waals surface area contributed by atoms with Crippen molar-refractivity contribution in [1.82, 2.24) is 5.32 Å². The van der Waals surface area contributed by atoms with Crippen LogP contribution in [0.1, 0.15) is 50.4 Å². The van der Waals surface area contributed by atoms with Crippen LogP contribution >= 0.6 is 28.1 Å². The SMILES string of the molecule is Cc1cc(NC(=S)N[C@@H](C)c2ccc(C(C)(C)C)cc2)ccc1Br. The number of anilines is 1. The van der Waals surface area contributed by atoms with Crippen LogP contribution in [0.5, 0.6) is 0 Å². The van der Waals surface area contributed by atoms with Crippen molar-refractivity contribution in [2.75, 3.05) is 5.32 Å². The summed E-state index contributed by atoms with van der Waals surface area (Å²) in [6, 6.07) is 15.0. The fraction of sp³-hybridized carbons (Fsp3) is 0.350. The zero-order valence-electron chi connectivity index (χ0n) is 14.9. The van der Waals surface area contributed by atoms with Gasteiger partial charge in [0, 0.05) is 10.2 Å². The molecule has 2 rings (SSSR count). The van der Waals surface area contributed by atoms with E-state index in [2.05, 4.69) is 91.5 Å². The molecule has 1 atom stereocenters. The third-order valence-corrected chi connectivity index (χ3v) is 5.15. The molecule has 0 saturated carbocycles. The van der Waals surface area contributed by atoms with Crippen LogP contribution in [0.2, 0.25) is 0 Å². The van der Waals surface area contributed by atoms with Crippen LogP contribution < -0.4 is 10.6 Å². The van der Waals surface area contributed by atoms with Crippen LogP contribution in [0, 0.1) is 6.92 Å². The van der Waals surface area contributed by atoms with E-state index >= 15 is 0 Å². The smallest absolute Gasteiger partial charge is 0.171 e. The number of halogens is 1. The number of hydrogen-bond donors (Lipinski definition) is 2. The number of hydrogen-bond acceptors (Lipinski definition) is 1. The first kappa shape index (κ1) is 18.9. The van der Waals surface area contributed by atoms with Gasteiger partial charge in [-0.3, -0.25) is 0 Å². The molecule has 0 aliphatic heterocycles. The lowest BCUT2D eigenvalue weighted by molar-refractivity contribution is 0.589. The Morgan fingerprint density at radius 1 is 1.08 bits per heavy atom. The molecule has 0 aliphatic rings. The van der Waals surface area contributed by atoms with Gasteiger partial charge < -0.3 is 10.6 Å². The van der Waals surface area contributed by atoms with Gasteiger partial charge in [0.05, 0.1) is 6.04 Å². The second-order valence-electron chi connectivity index (χ2n) is 7.16. The van der Waals surface area contributed by atoms with Gasteiger partial charge in [0.25, 0.3) is 0 Å². The normalized spacial score (nSPS) is 12.6. The lowest BCUT2D eigenvalue weighted by Crippen LogP contribution is -2.31. The van der Waals surface area contributed by atoms with Crippen LogP contribution in [0.25, 0.3) is 0 Å². The number of benzene rings is 2. The topological polar surface area (TPSA) is 24.1 Å². The van der Waals surface area contributed by atoms with Crippen molar-refractivity contribution in [3.05, 3.63) is 63.6 Å². The maximum atomic E-state index is 5.44. The largest absolute Gasteiger partial charge is 0.356 e. The van der Waals surface area contributed by atoms with Gasteiger partial charge in [-0.25, -0.2) is 0 Å². The monoisotopic (exact) mass is 404 g/mol. The van der Waals surface area contributed by atoms with E-state index in [-0.39, 0.29) is 11.5 Å². The summed E-state index contributed by atoms with van der Waals surface area (Å²) in [6.07, 6.45) is 0. The zero-order chi connectivity index (χ0) is 17.9. The van der Waals surface area contributed by atoms with Gasteiger partial charge in [-0.05, 0) is 66.4 Å². The summed E-state index contributed by atoms with van der Waals surface area (Å²) in [4.78, 5) is 0. The molecule has 24 heavy (non-hydrogen) atoms. The molecule has 2 N–H and O–H groups in total. The third-order valence-electron chi connectivity index (χ3n) is 4.04. The molecule has 0 aromatic heterocycles. The van der Waals surface area contributed by atoms with E-state index in [0.29, 0.717) is 5.11 Å². The predicted molar refractivity (Wildman–Crippen MR) is 112 cm³/mol. The standard InChI is InChI=1S/C20H25BrN2S/c1-13-12-17(10-11-18(13)21)23-19(24)22-14(2)15-6-8-16(9-7-15)20(3,4)5/h6-12,14H,1-5H3,(H2,22,23,24)/t14-/m0/s1. The van der Waals surface area contributed by atoms with Crippen LogP contribution in [-0.2, 0) is 5.41 Å². The molecule has 0 bridgehead atoms. The van der Waals surface area contributed by atoms with Gasteiger partial charge in [0.2, 0.25) is 0 Å². The summed E-state index contributed by atoms with van der Waals surface area (Å²) in [7, 11) is 0. The first-order valence-electron chi connectivity index (χ1n) is 8.11. The van der Waals surface area contributed by atoms with E-state index in [4.69, 9.17) is 12.2 Å². The van der Waals surface area contributed by atoms with Crippen molar-refractivity contribution in [2.45, 2.75) is 46.1 Å². The van der Waals surface area contributed by atoms with Crippen molar-refractivity contribution in [3.63, 3.8) is 0 Å². The number of thiocarbonyl (C=S) groups is 1. The van der Waals surface area contributed by atoms with Crippen molar-refractivity contribution in [2.24, 2.45) is 0 Å². The minimum absolute atomic E-state index is 0.149. The Kier molecular flexibility index (Phi) is 6.05. The fourth-order valence-electron chi connectivity index (χ4n) is 2.44. The van der Waals surface area contributed by atoms with Crippen LogP contribution in [0.3, 0.4) is 0 Å². The summed E-state index contributed by atoms with van der Waals surface area (Å²) in [6.45, 7) is 10.9. The molecule has 0 aliphatic carbocycles. The van der Waals surface area contributed by atoms with Gasteiger partial charge in [0.1, 0.15) is 0 Å². The molecular formula is C20H25BrN2S. The average molecular weight is 405 g/mol. The van der Waals surface area contributed by atoms with E-state index in [0.717, 1.165) is 10.2 Å². The Balaban J connectivity index is 1.99. The average Bonchev–Trinajstić information content (AvgIpc) is 2.50. The lowest BCUT2D eigenvalue weighted by Gasteiger charge is -2.21. The Bertz CT molecular complexity index is 717. The molecule has 2 aromatic rings. The number of aryl methyl sites for hydroxylation is 1. The minimum Gasteiger partial charge on any atom is -0.356 e. The summed E-state index contributed by atoms with van der Waals surface area (Å²) in [5, 5.41) is 7.22. The minimum atomic E-state index is 0.149. The van der Waals surface area contributed by atoms with E-state index in [1.165, 1.54) is 16.7 Å². The Hall–Kier alpha value is -1.39. The zero-order valence-corrected chi connectivity index (χ0v) is 17.3. The summed E-state index contributed by atoms with van der Waals surface area (Å²) >= 11 is 8.95. The second kappa shape index (κ2) is 7.66. The molecule has 0 unspecified atom stereocenters. The fourth-order valence-corrected chi connectivity index (χ4v) is 2.98. The van der Waals surface area contributed by atoms with E-state index in [1.807, 2.05) is 12.1 Å². The van der Waals surface area contributed by atoms with Crippen molar-refractivity contribution in [3.8, 4) is 0 Å². The molecule has 0 fully saturated rings. The molecular weight excluding hydrogens is 380 g/mol. The highest BCUT2D eigenvalue weighted by Crippen LogP contribution is 2.24. The van der Waals surface area contributed by atoms with E-state index < -0.39 is 0 Å². The maximum absolute atomic E-state index is 5.44. The van der Waals surface area contributed by atoms with Crippen molar-refractivity contribution >= 4 is 38.9 Å². The van der Waals surface area contributed by atoms with Gasteiger partial charge in [-0.2, -0.15) is 0 Å². The molecule has 128 valence electrons. The predicted octanol–water partition coefficient (Wildman–Crippen LogP) is 6.10. The number of nitrogens with one attached hydrogen (secondary N) is 2. The first-order chi connectivity index (χ1) is 11.2. The summed E-state index contributed by atoms with van der Waals surface area (Å²) < 4.78 is 1.10. The molecule has 0 saturated heterocycles. The Morgan fingerprint density at radius 3 is 2.25 bits per heavy atom. The van der Waals surface area contributed by atoms with Gasteiger partial charge in [-0.1, -0.05) is 61.0 Å². The van der Waals surface area contributed by atoms with Crippen LogP contribution in [-0.4, -0.2) is 5.11 Å². The molecule has 4 heteroatoms. The summed E-state index contributed by atoms with van der Waals surface area (Å²) in [5.74, 6) is 0. The summed E-state index contributed by atoms with van der Waals surface area (Å²) in [5.41, 5.74) is 4.90. The van der Waals surface area contributed by atoms with Crippen LogP contribution in [0.15, 0.2) is 46.9 Å². The Morgan fingerprint density at radius 2 is 1.71 bits per heavy atom. The molecule has 0 amide bonds. The van der Waals surface area contributed by atoms with E-state index in [9.17, 15) is 0 Å². The number of rotatable bonds is 3. The maximum Gasteiger partial charge on any atom is 0.171 e. The molecule has 0 heterocycles.